The number of hydrogen-bond acceptors (Lipinski definition) is 4. The fraction of sp³-hybridized carbons (Fsp3) is 0.118. The van der Waals surface area contributed by atoms with Crippen molar-refractivity contribution in [2.24, 2.45) is 16.5 Å². The maximum absolute atomic E-state index is 12.3. The molecule has 0 aliphatic carbocycles. The van der Waals surface area contributed by atoms with E-state index in [9.17, 15) is 9.59 Å². The predicted octanol–water partition coefficient (Wildman–Crippen LogP) is 0.440. The molecule has 0 saturated carbocycles. The highest BCUT2D eigenvalue weighted by molar-refractivity contribution is 6.05. The fourth-order valence-electron chi connectivity index (χ4n) is 1.91. The molecule has 0 fully saturated rings. The van der Waals surface area contributed by atoms with Gasteiger partial charge in [-0.3, -0.25) is 14.6 Å². The van der Waals surface area contributed by atoms with E-state index in [1.54, 1.807) is 42.5 Å². The molecular formula is C17H19N5O3. The van der Waals surface area contributed by atoms with E-state index in [4.69, 9.17) is 15.9 Å². The second-order valence-electron chi connectivity index (χ2n) is 4.96. The van der Waals surface area contributed by atoms with Crippen LogP contribution in [0.2, 0.25) is 0 Å². The first kappa shape index (κ1) is 17.8. The Balaban J connectivity index is 2.09. The van der Waals surface area contributed by atoms with Crippen LogP contribution in [0.5, 0.6) is 0 Å². The summed E-state index contributed by atoms with van der Waals surface area (Å²) < 4.78 is 5.20. The number of carbonyl (C=O) groups is 2. The molecule has 2 amide bonds. The van der Waals surface area contributed by atoms with Crippen molar-refractivity contribution in [1.29, 1.82) is 0 Å². The van der Waals surface area contributed by atoms with Gasteiger partial charge in [0, 0.05) is 18.2 Å². The van der Waals surface area contributed by atoms with Crippen molar-refractivity contribution in [2.75, 3.05) is 13.1 Å². The molecule has 0 aliphatic heterocycles. The maximum Gasteiger partial charge on any atom is 0.268 e. The molecule has 2 aromatic rings. The van der Waals surface area contributed by atoms with Crippen molar-refractivity contribution in [3.05, 3.63) is 65.7 Å². The number of rotatable bonds is 7. The minimum absolute atomic E-state index is 0.0495. The second-order valence-corrected chi connectivity index (χ2v) is 4.96. The summed E-state index contributed by atoms with van der Waals surface area (Å²) in [7, 11) is 0. The third-order valence-corrected chi connectivity index (χ3v) is 3.05. The van der Waals surface area contributed by atoms with Crippen molar-refractivity contribution in [3.63, 3.8) is 0 Å². The molecule has 0 spiro atoms. The molecule has 2 rings (SSSR count). The summed E-state index contributed by atoms with van der Waals surface area (Å²) in [6, 6.07) is 11.9. The average molecular weight is 341 g/mol. The minimum Gasteiger partial charge on any atom is -0.465 e. The molecular weight excluding hydrogens is 322 g/mol. The Morgan fingerprint density at radius 3 is 2.52 bits per heavy atom. The van der Waals surface area contributed by atoms with Gasteiger partial charge in [0.15, 0.2) is 5.96 Å². The molecule has 1 aromatic carbocycles. The fourth-order valence-corrected chi connectivity index (χ4v) is 1.91. The lowest BCUT2D eigenvalue weighted by molar-refractivity contribution is -0.117. The first-order valence-electron chi connectivity index (χ1n) is 7.51. The molecule has 8 heteroatoms. The minimum atomic E-state index is -0.480. The maximum atomic E-state index is 12.3. The Morgan fingerprint density at radius 2 is 1.88 bits per heavy atom. The van der Waals surface area contributed by atoms with Crippen molar-refractivity contribution in [1.82, 2.24) is 10.6 Å². The van der Waals surface area contributed by atoms with Crippen LogP contribution in [0.4, 0.5) is 0 Å². The zero-order valence-corrected chi connectivity index (χ0v) is 13.4. The Hall–Kier alpha value is -3.55. The molecule has 0 atom stereocenters. The first-order valence-corrected chi connectivity index (χ1v) is 7.51. The molecule has 0 radical (unpaired) electrons. The number of nitrogens with one attached hydrogen (secondary N) is 2. The zero-order valence-electron chi connectivity index (χ0n) is 13.4. The molecule has 25 heavy (non-hydrogen) atoms. The predicted molar refractivity (Wildman–Crippen MR) is 94.3 cm³/mol. The number of nitrogens with two attached hydrogens (primary N) is 2. The third kappa shape index (κ3) is 5.87. The highest BCUT2D eigenvalue weighted by Gasteiger charge is 2.14. The van der Waals surface area contributed by atoms with Crippen molar-refractivity contribution >= 4 is 23.8 Å². The Labute approximate surface area is 144 Å². The van der Waals surface area contributed by atoms with Crippen LogP contribution in [0.25, 0.3) is 6.08 Å². The average Bonchev–Trinajstić information content (AvgIpc) is 3.11. The van der Waals surface area contributed by atoms with E-state index in [1.807, 2.05) is 0 Å². The zero-order chi connectivity index (χ0) is 18.1. The topological polar surface area (TPSA) is 136 Å². The van der Waals surface area contributed by atoms with Crippen LogP contribution in [0.3, 0.4) is 0 Å². The van der Waals surface area contributed by atoms with E-state index in [0.29, 0.717) is 11.3 Å². The van der Waals surface area contributed by atoms with Gasteiger partial charge in [0.1, 0.15) is 11.5 Å². The lowest BCUT2D eigenvalue weighted by atomic mass is 10.2. The molecule has 130 valence electrons. The van der Waals surface area contributed by atoms with E-state index >= 15 is 0 Å². The van der Waals surface area contributed by atoms with E-state index in [0.717, 1.165) is 0 Å². The summed E-state index contributed by atoms with van der Waals surface area (Å²) in [6.45, 7) is 0.447. The summed E-state index contributed by atoms with van der Waals surface area (Å²) in [6.07, 6.45) is 2.91. The van der Waals surface area contributed by atoms with Gasteiger partial charge in [-0.2, -0.15) is 0 Å². The summed E-state index contributed by atoms with van der Waals surface area (Å²) >= 11 is 0. The quantitative estimate of drug-likeness (QED) is 0.251. The Kier molecular flexibility index (Phi) is 6.35. The lowest BCUT2D eigenvalue weighted by Gasteiger charge is -2.10. The highest BCUT2D eigenvalue weighted by atomic mass is 16.3. The van der Waals surface area contributed by atoms with Crippen LogP contribution >= 0.6 is 0 Å². The number of furan rings is 1. The molecule has 1 heterocycles. The number of benzene rings is 1. The van der Waals surface area contributed by atoms with Crippen LogP contribution in [0.15, 0.2) is 63.8 Å². The van der Waals surface area contributed by atoms with Gasteiger partial charge in [-0.25, -0.2) is 0 Å². The number of hydrogen-bond donors (Lipinski definition) is 4. The van der Waals surface area contributed by atoms with Crippen molar-refractivity contribution < 1.29 is 14.0 Å². The number of aliphatic imine (C=N–C) groups is 1. The van der Waals surface area contributed by atoms with Crippen LogP contribution in [-0.2, 0) is 4.79 Å². The van der Waals surface area contributed by atoms with Crippen molar-refractivity contribution in [2.45, 2.75) is 0 Å². The van der Waals surface area contributed by atoms with E-state index in [2.05, 4.69) is 15.6 Å². The molecule has 6 N–H and O–H groups in total. The molecule has 0 aliphatic rings. The van der Waals surface area contributed by atoms with Gasteiger partial charge < -0.3 is 26.5 Å². The number of amides is 2. The summed E-state index contributed by atoms with van der Waals surface area (Å²) in [5.74, 6) is -0.509. The molecule has 0 unspecified atom stereocenters. The van der Waals surface area contributed by atoms with Gasteiger partial charge in [-0.15, -0.1) is 0 Å². The number of nitrogens with zero attached hydrogens (tertiary/aromatic N) is 1. The molecule has 0 saturated heterocycles. The van der Waals surface area contributed by atoms with Gasteiger partial charge >= 0.3 is 0 Å². The number of guanidine groups is 1. The van der Waals surface area contributed by atoms with Crippen LogP contribution < -0.4 is 22.1 Å². The van der Waals surface area contributed by atoms with Crippen LogP contribution in [0.1, 0.15) is 16.1 Å². The van der Waals surface area contributed by atoms with Crippen LogP contribution in [0, 0.1) is 0 Å². The first-order chi connectivity index (χ1) is 12.1. The highest BCUT2D eigenvalue weighted by Crippen LogP contribution is 2.07. The SMILES string of the molecule is NC(N)=NCCNC(=O)/C(=C/c1ccco1)NC(=O)c1ccccc1. The number of carbonyl (C=O) groups excluding carboxylic acids is 2. The molecule has 1 aromatic heterocycles. The second kappa shape index (κ2) is 8.92. The van der Waals surface area contributed by atoms with Gasteiger partial charge in [0.2, 0.25) is 0 Å². The molecule has 8 nitrogen and oxygen atoms in total. The van der Waals surface area contributed by atoms with Gasteiger partial charge in [0.05, 0.1) is 12.8 Å². The van der Waals surface area contributed by atoms with Crippen molar-refractivity contribution in [3.8, 4) is 0 Å². The molecule has 0 bridgehead atoms. The van der Waals surface area contributed by atoms with Crippen LogP contribution in [-0.4, -0.2) is 30.9 Å². The Morgan fingerprint density at radius 1 is 1.12 bits per heavy atom. The van der Waals surface area contributed by atoms with E-state index in [-0.39, 0.29) is 24.7 Å². The van der Waals surface area contributed by atoms with E-state index in [1.165, 1.54) is 12.3 Å². The van der Waals surface area contributed by atoms with Gasteiger partial charge in [-0.05, 0) is 24.3 Å². The Bertz CT molecular complexity index is 763. The summed E-state index contributed by atoms with van der Waals surface area (Å²) in [5, 5.41) is 5.21. The van der Waals surface area contributed by atoms with Gasteiger partial charge in [-0.1, -0.05) is 18.2 Å². The third-order valence-electron chi connectivity index (χ3n) is 3.05. The smallest absolute Gasteiger partial charge is 0.268 e. The largest absolute Gasteiger partial charge is 0.465 e. The van der Waals surface area contributed by atoms with Gasteiger partial charge in [0.25, 0.3) is 11.8 Å². The monoisotopic (exact) mass is 341 g/mol. The lowest BCUT2D eigenvalue weighted by Crippen LogP contribution is -2.36. The standard InChI is InChI=1S/C17H19N5O3/c18-17(19)21-9-8-20-16(24)14(11-13-7-4-10-25-13)22-15(23)12-5-2-1-3-6-12/h1-7,10-11H,8-9H2,(H,20,24)(H,22,23)(H4,18,19,21)/b14-11-. The summed E-state index contributed by atoms with van der Waals surface area (Å²) in [4.78, 5) is 28.4. The van der Waals surface area contributed by atoms with E-state index < -0.39 is 11.8 Å². The summed E-state index contributed by atoms with van der Waals surface area (Å²) in [5.41, 5.74) is 10.9. The normalized spacial score (nSPS) is 10.8.